The van der Waals surface area contributed by atoms with Crippen molar-refractivity contribution in [1.29, 1.82) is 0 Å². The maximum absolute atomic E-state index is 14.9. The van der Waals surface area contributed by atoms with Crippen LogP contribution in [0.4, 0.5) is 14.5 Å². The summed E-state index contributed by atoms with van der Waals surface area (Å²) in [5, 5.41) is 8.11. The van der Waals surface area contributed by atoms with Crippen LogP contribution in [0.5, 0.6) is 0 Å². The van der Waals surface area contributed by atoms with Gasteiger partial charge in [0.25, 0.3) is 0 Å². The Hall–Kier alpha value is -2.64. The maximum atomic E-state index is 14.9. The lowest BCUT2D eigenvalue weighted by molar-refractivity contribution is -0.132. The Morgan fingerprint density at radius 2 is 1.97 bits per heavy atom. The highest BCUT2D eigenvalue weighted by atomic mass is 35.5. The Balaban J connectivity index is 1.82. The minimum Gasteiger partial charge on any atom is -0.372 e. The molecule has 0 bridgehead atoms. The quantitative estimate of drug-likeness (QED) is 0.458. The molecule has 1 aromatic heterocycles. The molecule has 30 heavy (non-hydrogen) atoms. The summed E-state index contributed by atoms with van der Waals surface area (Å²) in [7, 11) is 1.72. The lowest BCUT2D eigenvalue weighted by atomic mass is 9.81. The molecular formula is C21H18Cl2F2N4O. The minimum atomic E-state index is -1.08. The first kappa shape index (κ1) is 20.6. The highest BCUT2D eigenvalue weighted by Crippen LogP contribution is 2.43. The van der Waals surface area contributed by atoms with Gasteiger partial charge in [0.15, 0.2) is 0 Å². The third-order valence-electron chi connectivity index (χ3n) is 5.39. The van der Waals surface area contributed by atoms with Crippen molar-refractivity contribution >= 4 is 45.7 Å². The van der Waals surface area contributed by atoms with Crippen molar-refractivity contribution in [3.05, 3.63) is 69.9 Å². The van der Waals surface area contributed by atoms with Gasteiger partial charge in [0.1, 0.15) is 17.2 Å². The molecule has 1 fully saturated rings. The molecule has 0 unspecified atom stereocenters. The summed E-state index contributed by atoms with van der Waals surface area (Å²) in [6.45, 7) is 5.43. The van der Waals surface area contributed by atoms with Crippen LogP contribution < -0.4 is 5.32 Å². The second-order valence-electron chi connectivity index (χ2n) is 7.38. The summed E-state index contributed by atoms with van der Waals surface area (Å²) in [6.07, 6.45) is 1.18. The fourth-order valence-corrected chi connectivity index (χ4v) is 4.53. The molecule has 0 atom stereocenters. The summed E-state index contributed by atoms with van der Waals surface area (Å²) in [5.41, 5.74) is 0.608. The first-order valence-electron chi connectivity index (χ1n) is 9.13. The van der Waals surface area contributed by atoms with E-state index < -0.39 is 17.2 Å². The molecule has 2 aromatic carbocycles. The summed E-state index contributed by atoms with van der Waals surface area (Å²) >= 11 is 12.5. The fraction of sp³-hybridized carbons (Fsp3) is 0.238. The largest absolute Gasteiger partial charge is 0.372 e. The van der Waals surface area contributed by atoms with Gasteiger partial charge in [-0.3, -0.25) is 9.48 Å². The first-order chi connectivity index (χ1) is 14.2. The fourth-order valence-electron chi connectivity index (χ4n) is 4.04. The smallest absolute Gasteiger partial charge is 0.246 e. The number of carbonyl (C=O) groups excluding carboxylic acids is 1. The van der Waals surface area contributed by atoms with Gasteiger partial charge in [-0.1, -0.05) is 29.8 Å². The molecule has 1 saturated heterocycles. The van der Waals surface area contributed by atoms with Crippen molar-refractivity contribution in [3.8, 4) is 0 Å². The van der Waals surface area contributed by atoms with Gasteiger partial charge < -0.3 is 10.2 Å². The van der Waals surface area contributed by atoms with Gasteiger partial charge in [0.05, 0.1) is 39.7 Å². The summed E-state index contributed by atoms with van der Waals surface area (Å²) in [4.78, 5) is 13.5. The number of hydrogen-bond donors (Lipinski definition) is 1. The molecule has 0 spiro atoms. The molecule has 9 heteroatoms. The van der Waals surface area contributed by atoms with Crippen LogP contribution in [0.1, 0.15) is 11.3 Å². The van der Waals surface area contributed by atoms with Crippen LogP contribution in [-0.2, 0) is 17.4 Å². The number of anilines is 1. The summed E-state index contributed by atoms with van der Waals surface area (Å²) < 4.78 is 31.3. The summed E-state index contributed by atoms with van der Waals surface area (Å²) in [5.74, 6) is -1.32. The Labute approximate surface area is 181 Å². The van der Waals surface area contributed by atoms with Crippen LogP contribution in [0.15, 0.2) is 36.9 Å². The van der Waals surface area contributed by atoms with E-state index >= 15 is 0 Å². The van der Waals surface area contributed by atoms with E-state index in [1.165, 1.54) is 29.2 Å². The molecule has 0 radical (unpaired) electrons. The van der Waals surface area contributed by atoms with Gasteiger partial charge in [0, 0.05) is 18.3 Å². The third kappa shape index (κ3) is 3.13. The van der Waals surface area contributed by atoms with E-state index in [4.69, 9.17) is 23.2 Å². The molecule has 2 heterocycles. The predicted octanol–water partition coefficient (Wildman–Crippen LogP) is 4.80. The van der Waals surface area contributed by atoms with Crippen molar-refractivity contribution in [3.63, 3.8) is 0 Å². The third-order valence-corrected chi connectivity index (χ3v) is 6.20. The normalized spacial score (nSPS) is 15.2. The Morgan fingerprint density at radius 3 is 2.63 bits per heavy atom. The number of benzene rings is 2. The highest BCUT2D eigenvalue weighted by molar-refractivity contribution is 6.42. The second kappa shape index (κ2) is 7.25. The van der Waals surface area contributed by atoms with Crippen molar-refractivity contribution in [2.45, 2.75) is 12.5 Å². The van der Waals surface area contributed by atoms with E-state index in [0.29, 0.717) is 22.3 Å². The van der Waals surface area contributed by atoms with Gasteiger partial charge in [-0.2, -0.15) is 5.10 Å². The van der Waals surface area contributed by atoms with Crippen LogP contribution in [0.2, 0.25) is 10.0 Å². The van der Waals surface area contributed by atoms with Gasteiger partial charge in [0.2, 0.25) is 5.91 Å². The monoisotopic (exact) mass is 450 g/mol. The Morgan fingerprint density at radius 1 is 1.27 bits per heavy atom. The molecule has 0 saturated carbocycles. The standard InChI is InChI=1S/C21H18Cl2F2N4O/c1-4-17(30)29-9-21(10-29,19-14(24)6-5-13(22)20(19)23)26-12-7-15(25)18-11(2)27-28(3)16(18)8-12/h4-8,26H,1,9-10H2,2-3H3. The number of likely N-dealkylation sites (tertiary alicyclic amines) is 1. The van der Waals surface area contributed by atoms with E-state index in [9.17, 15) is 13.6 Å². The number of aromatic nitrogens is 2. The second-order valence-corrected chi connectivity index (χ2v) is 8.17. The SMILES string of the molecule is C=CC(=O)N1CC(Nc2cc(F)c3c(C)nn(C)c3c2)(c2c(F)ccc(Cl)c2Cl)C1. The van der Waals surface area contributed by atoms with Crippen LogP contribution in [0, 0.1) is 18.6 Å². The number of aryl methyl sites for hydroxylation is 2. The lowest BCUT2D eigenvalue weighted by Gasteiger charge is -2.51. The molecule has 1 amide bonds. The number of nitrogens with one attached hydrogen (secondary N) is 1. The van der Waals surface area contributed by atoms with E-state index in [-0.39, 0.29) is 34.6 Å². The average molecular weight is 451 g/mol. The van der Waals surface area contributed by atoms with Crippen LogP contribution in [0.25, 0.3) is 10.9 Å². The number of hydrogen-bond acceptors (Lipinski definition) is 3. The van der Waals surface area contributed by atoms with Crippen LogP contribution in [-0.4, -0.2) is 33.7 Å². The average Bonchev–Trinajstić information content (AvgIpc) is 2.95. The van der Waals surface area contributed by atoms with Crippen molar-refractivity contribution in [2.75, 3.05) is 18.4 Å². The van der Waals surface area contributed by atoms with E-state index in [0.717, 1.165) is 0 Å². The highest BCUT2D eigenvalue weighted by Gasteiger charge is 2.49. The zero-order valence-corrected chi connectivity index (χ0v) is 17.8. The predicted molar refractivity (Wildman–Crippen MR) is 114 cm³/mol. The minimum absolute atomic E-state index is 0.0489. The van der Waals surface area contributed by atoms with Gasteiger partial charge >= 0.3 is 0 Å². The molecule has 156 valence electrons. The molecule has 1 aliphatic heterocycles. The molecular weight excluding hydrogens is 433 g/mol. The topological polar surface area (TPSA) is 50.2 Å². The number of rotatable bonds is 4. The number of fused-ring (bicyclic) bond motifs is 1. The van der Waals surface area contributed by atoms with Gasteiger partial charge in [-0.25, -0.2) is 8.78 Å². The number of halogens is 4. The summed E-state index contributed by atoms with van der Waals surface area (Å²) in [6, 6.07) is 5.65. The Kier molecular flexibility index (Phi) is 4.98. The molecule has 4 rings (SSSR count). The number of amides is 1. The molecule has 1 aliphatic rings. The maximum Gasteiger partial charge on any atom is 0.246 e. The molecule has 3 aromatic rings. The number of nitrogens with zero attached hydrogens (tertiary/aromatic N) is 3. The van der Waals surface area contributed by atoms with Gasteiger partial charge in [-0.05, 0) is 37.3 Å². The van der Waals surface area contributed by atoms with E-state index in [2.05, 4.69) is 17.0 Å². The molecule has 5 nitrogen and oxygen atoms in total. The van der Waals surface area contributed by atoms with Crippen molar-refractivity contribution in [1.82, 2.24) is 14.7 Å². The van der Waals surface area contributed by atoms with E-state index in [1.807, 2.05) is 0 Å². The van der Waals surface area contributed by atoms with Crippen molar-refractivity contribution in [2.24, 2.45) is 7.05 Å². The van der Waals surface area contributed by atoms with E-state index in [1.54, 1.807) is 24.7 Å². The zero-order valence-electron chi connectivity index (χ0n) is 16.3. The molecule has 1 N–H and O–H groups in total. The molecule has 0 aliphatic carbocycles. The number of carbonyl (C=O) groups is 1. The zero-order chi connectivity index (χ0) is 21.8. The van der Waals surface area contributed by atoms with Crippen LogP contribution in [0.3, 0.4) is 0 Å². The van der Waals surface area contributed by atoms with Crippen LogP contribution >= 0.6 is 23.2 Å². The van der Waals surface area contributed by atoms with Crippen molar-refractivity contribution < 1.29 is 13.6 Å². The Bertz CT molecular complexity index is 1200. The lowest BCUT2D eigenvalue weighted by Crippen LogP contribution is -2.65. The first-order valence-corrected chi connectivity index (χ1v) is 9.89. The van der Waals surface area contributed by atoms with Gasteiger partial charge in [-0.15, -0.1) is 0 Å².